The van der Waals surface area contributed by atoms with E-state index in [9.17, 15) is 5.11 Å². The molecule has 0 amide bonds. The number of nitrogens with zero attached hydrogens (tertiary/aromatic N) is 1. The Labute approximate surface area is 146 Å². The van der Waals surface area contributed by atoms with Crippen molar-refractivity contribution in [2.75, 3.05) is 0 Å². The number of aliphatic hydroxyl groups is 1. The molecule has 23 heavy (non-hydrogen) atoms. The van der Waals surface area contributed by atoms with Crippen LogP contribution in [0.1, 0.15) is 19.4 Å². The molecule has 0 saturated carbocycles. The molecule has 0 spiro atoms. The zero-order valence-corrected chi connectivity index (χ0v) is 14.5. The topological polar surface area (TPSA) is 33.1 Å². The van der Waals surface area contributed by atoms with Crippen LogP contribution in [0.15, 0.2) is 55.2 Å². The van der Waals surface area contributed by atoms with Gasteiger partial charge in [0.1, 0.15) is 5.76 Å². The molecule has 0 atom stereocenters. The molecule has 0 bridgehead atoms. The van der Waals surface area contributed by atoms with Crippen molar-refractivity contribution in [1.29, 1.82) is 0 Å². The van der Waals surface area contributed by atoms with Crippen molar-refractivity contribution < 1.29 is 5.11 Å². The second-order valence-corrected chi connectivity index (χ2v) is 5.50. The van der Waals surface area contributed by atoms with Gasteiger partial charge in [0.2, 0.25) is 0 Å². The van der Waals surface area contributed by atoms with E-state index in [2.05, 4.69) is 11.6 Å². The Balaban J connectivity index is 0.000000924. The quantitative estimate of drug-likeness (QED) is 0.520. The molecule has 0 aliphatic rings. The van der Waals surface area contributed by atoms with Crippen molar-refractivity contribution in [3.8, 4) is 11.1 Å². The van der Waals surface area contributed by atoms with Crippen LogP contribution in [0.4, 0.5) is 0 Å². The summed E-state index contributed by atoms with van der Waals surface area (Å²) in [5.74, 6) is 0.0175. The number of fused-ring (bicyclic) bond motifs is 1. The summed E-state index contributed by atoms with van der Waals surface area (Å²) < 4.78 is 0. The Morgan fingerprint density at radius 3 is 2.43 bits per heavy atom. The molecule has 0 fully saturated rings. The predicted molar refractivity (Wildman–Crippen MR) is 100 cm³/mol. The molecule has 3 rings (SSSR count). The maximum absolute atomic E-state index is 9.58. The number of halogens is 2. The lowest BCUT2D eigenvalue weighted by Gasteiger charge is -2.10. The summed E-state index contributed by atoms with van der Waals surface area (Å²) in [5.41, 5.74) is 3.20. The summed E-state index contributed by atoms with van der Waals surface area (Å²) in [6.07, 6.45) is 1.72. The highest BCUT2D eigenvalue weighted by molar-refractivity contribution is 6.35. The Hall–Kier alpha value is -2.03. The van der Waals surface area contributed by atoms with Gasteiger partial charge in [-0.05, 0) is 48.0 Å². The minimum Gasteiger partial charge on any atom is -0.508 e. The smallest absolute Gasteiger partial charge is 0.115 e. The Kier molecular flexibility index (Phi) is 5.64. The van der Waals surface area contributed by atoms with Gasteiger partial charge in [0.05, 0.1) is 5.52 Å². The highest BCUT2D eigenvalue weighted by Gasteiger charge is 2.10. The molecule has 1 N–H and O–H groups in total. The number of aliphatic hydroxyl groups excluding tert-OH is 1. The molecule has 1 aromatic heterocycles. The van der Waals surface area contributed by atoms with Gasteiger partial charge in [0.25, 0.3) is 0 Å². The molecule has 1 heterocycles. The first-order chi connectivity index (χ1) is 11.1. The fourth-order valence-corrected chi connectivity index (χ4v) is 2.66. The second-order valence-electron chi connectivity index (χ2n) is 4.66. The van der Waals surface area contributed by atoms with E-state index in [0.29, 0.717) is 15.6 Å². The van der Waals surface area contributed by atoms with E-state index in [1.807, 2.05) is 38.1 Å². The first kappa shape index (κ1) is 17.3. The summed E-state index contributed by atoms with van der Waals surface area (Å²) in [4.78, 5) is 4.33. The molecule has 0 aliphatic carbocycles. The van der Waals surface area contributed by atoms with Crippen LogP contribution >= 0.6 is 23.2 Å². The van der Waals surface area contributed by atoms with Gasteiger partial charge in [0.15, 0.2) is 0 Å². The average Bonchev–Trinajstić information content (AvgIpc) is 2.58. The molecule has 4 heteroatoms. The van der Waals surface area contributed by atoms with Crippen molar-refractivity contribution in [2.24, 2.45) is 0 Å². The van der Waals surface area contributed by atoms with E-state index in [-0.39, 0.29) is 5.76 Å². The van der Waals surface area contributed by atoms with Crippen molar-refractivity contribution >= 4 is 39.9 Å². The van der Waals surface area contributed by atoms with Gasteiger partial charge >= 0.3 is 0 Å². The number of pyridine rings is 1. The SMILES string of the molecule is C=C(O)c1ccc2nccc(-c3cc(Cl)ccc3Cl)c2c1.CC. The lowest BCUT2D eigenvalue weighted by Crippen LogP contribution is -1.88. The lowest BCUT2D eigenvalue weighted by molar-refractivity contribution is 0.514. The molecular formula is C19H17Cl2NO. The van der Waals surface area contributed by atoms with Gasteiger partial charge in [-0.15, -0.1) is 0 Å². The van der Waals surface area contributed by atoms with Gasteiger partial charge in [-0.25, -0.2) is 0 Å². The van der Waals surface area contributed by atoms with Gasteiger partial charge in [-0.2, -0.15) is 0 Å². The van der Waals surface area contributed by atoms with E-state index in [1.54, 1.807) is 24.4 Å². The largest absolute Gasteiger partial charge is 0.508 e. The number of hydrogen-bond donors (Lipinski definition) is 1. The summed E-state index contributed by atoms with van der Waals surface area (Å²) >= 11 is 12.4. The summed E-state index contributed by atoms with van der Waals surface area (Å²) in [6, 6.07) is 12.7. The molecular weight excluding hydrogens is 329 g/mol. The van der Waals surface area contributed by atoms with Crippen LogP contribution < -0.4 is 0 Å². The Morgan fingerprint density at radius 1 is 1.00 bits per heavy atom. The molecule has 2 aromatic carbocycles. The zero-order chi connectivity index (χ0) is 17.0. The van der Waals surface area contributed by atoms with Crippen LogP contribution in [-0.2, 0) is 0 Å². The molecule has 3 aromatic rings. The third-order valence-electron chi connectivity index (χ3n) is 3.29. The van der Waals surface area contributed by atoms with Gasteiger partial charge < -0.3 is 5.11 Å². The van der Waals surface area contributed by atoms with Gasteiger partial charge in [0, 0.05) is 32.8 Å². The van der Waals surface area contributed by atoms with Crippen molar-refractivity contribution in [3.63, 3.8) is 0 Å². The normalized spacial score (nSPS) is 10.1. The number of aromatic nitrogens is 1. The monoisotopic (exact) mass is 345 g/mol. The van der Waals surface area contributed by atoms with E-state index in [4.69, 9.17) is 23.2 Å². The predicted octanol–water partition coefficient (Wildman–Crippen LogP) is 6.76. The fourth-order valence-electron chi connectivity index (χ4n) is 2.26. The molecule has 118 valence electrons. The summed E-state index contributed by atoms with van der Waals surface area (Å²) in [7, 11) is 0. The van der Waals surface area contributed by atoms with E-state index in [0.717, 1.165) is 22.0 Å². The average molecular weight is 346 g/mol. The van der Waals surface area contributed by atoms with Gasteiger partial charge in [-0.1, -0.05) is 43.6 Å². The second kappa shape index (κ2) is 7.49. The fraction of sp³-hybridized carbons (Fsp3) is 0.105. The number of hydrogen-bond acceptors (Lipinski definition) is 2. The van der Waals surface area contributed by atoms with E-state index in [1.165, 1.54) is 0 Å². The van der Waals surface area contributed by atoms with Crippen LogP contribution in [0.5, 0.6) is 0 Å². The van der Waals surface area contributed by atoms with Crippen LogP contribution in [0.3, 0.4) is 0 Å². The number of benzene rings is 2. The van der Waals surface area contributed by atoms with Crippen molar-refractivity contribution in [3.05, 3.63) is 70.8 Å². The standard InChI is InChI=1S/C17H11Cl2NO.C2H6/c1-10(21)11-2-5-17-15(8-11)13(6-7-20-17)14-9-12(18)3-4-16(14)19;1-2/h2-9,21H,1H2;1-2H3. The summed E-state index contributed by atoms with van der Waals surface area (Å²) in [5, 5.41) is 11.7. The maximum atomic E-state index is 9.58. The van der Waals surface area contributed by atoms with Gasteiger partial charge in [-0.3, -0.25) is 4.98 Å². The minimum atomic E-state index is 0.0175. The lowest BCUT2D eigenvalue weighted by atomic mass is 9.99. The Bertz CT molecular complexity index is 859. The number of rotatable bonds is 2. The molecule has 2 nitrogen and oxygen atoms in total. The Morgan fingerprint density at radius 2 is 1.74 bits per heavy atom. The van der Waals surface area contributed by atoms with Crippen LogP contribution in [0.2, 0.25) is 10.0 Å². The maximum Gasteiger partial charge on any atom is 0.115 e. The van der Waals surface area contributed by atoms with Crippen LogP contribution in [-0.4, -0.2) is 10.1 Å². The van der Waals surface area contributed by atoms with E-state index < -0.39 is 0 Å². The molecule has 0 unspecified atom stereocenters. The summed E-state index contributed by atoms with van der Waals surface area (Å²) in [6.45, 7) is 7.55. The van der Waals surface area contributed by atoms with E-state index >= 15 is 0 Å². The molecule has 0 radical (unpaired) electrons. The first-order valence-corrected chi connectivity index (χ1v) is 8.04. The molecule has 0 aliphatic heterocycles. The zero-order valence-electron chi connectivity index (χ0n) is 13.0. The van der Waals surface area contributed by atoms with Crippen LogP contribution in [0.25, 0.3) is 27.8 Å². The third kappa shape index (κ3) is 3.66. The highest BCUT2D eigenvalue weighted by Crippen LogP contribution is 2.35. The van der Waals surface area contributed by atoms with Crippen LogP contribution in [0, 0.1) is 0 Å². The van der Waals surface area contributed by atoms with Crippen molar-refractivity contribution in [2.45, 2.75) is 13.8 Å². The molecule has 0 saturated heterocycles. The van der Waals surface area contributed by atoms with Crippen molar-refractivity contribution in [1.82, 2.24) is 4.98 Å². The first-order valence-electron chi connectivity index (χ1n) is 7.29. The third-order valence-corrected chi connectivity index (χ3v) is 3.86. The minimum absolute atomic E-state index is 0.0175. The highest BCUT2D eigenvalue weighted by atomic mass is 35.5.